The number of aliphatic hydroxyl groups is 1. The van der Waals surface area contributed by atoms with Gasteiger partial charge in [-0.3, -0.25) is 4.79 Å². The standard InChI is InChI=1S/C19H21F4N3O2/c1-12-24-11-16(26(12)15-5-3-14(20)4-6-15)13-7-9-25(10-8-13)17(27)18(2,28)19(21,22)23/h3-6,11,13,28H,7-10H2,1-2H3/t18-/m1/s1. The third-order valence-corrected chi connectivity index (χ3v) is 5.22. The van der Waals surface area contributed by atoms with Crippen molar-refractivity contribution in [3.63, 3.8) is 0 Å². The van der Waals surface area contributed by atoms with Crippen LogP contribution in [0.1, 0.15) is 37.2 Å². The molecule has 1 saturated heterocycles. The highest BCUT2D eigenvalue weighted by Gasteiger charge is 2.57. The average Bonchev–Trinajstić information content (AvgIpc) is 3.02. The van der Waals surface area contributed by atoms with Crippen molar-refractivity contribution in [3.05, 3.63) is 47.8 Å². The third kappa shape index (κ3) is 3.63. The summed E-state index contributed by atoms with van der Waals surface area (Å²) >= 11 is 0. The number of halogens is 4. The van der Waals surface area contributed by atoms with Gasteiger partial charge in [0.1, 0.15) is 11.6 Å². The molecule has 1 aromatic carbocycles. The van der Waals surface area contributed by atoms with Crippen LogP contribution in [-0.4, -0.2) is 50.3 Å². The van der Waals surface area contributed by atoms with E-state index in [-0.39, 0.29) is 24.8 Å². The summed E-state index contributed by atoms with van der Waals surface area (Å²) in [6.45, 7) is 2.49. The number of aromatic nitrogens is 2. The highest BCUT2D eigenvalue weighted by Crippen LogP contribution is 2.35. The van der Waals surface area contributed by atoms with E-state index in [2.05, 4.69) is 4.98 Å². The predicted molar refractivity (Wildman–Crippen MR) is 93.5 cm³/mol. The largest absolute Gasteiger partial charge is 0.426 e. The number of carbonyl (C=O) groups excluding carboxylic acids is 1. The van der Waals surface area contributed by atoms with Crippen LogP contribution in [0.3, 0.4) is 0 Å². The zero-order chi connectivity index (χ0) is 20.7. The molecule has 3 rings (SSSR count). The Bertz CT molecular complexity index is 851. The molecule has 0 unspecified atom stereocenters. The van der Waals surface area contributed by atoms with Crippen LogP contribution in [0.4, 0.5) is 17.6 Å². The molecule has 152 valence electrons. The normalized spacial score (nSPS) is 18.2. The summed E-state index contributed by atoms with van der Waals surface area (Å²) < 4.78 is 53.9. The van der Waals surface area contributed by atoms with Crippen molar-refractivity contribution in [1.29, 1.82) is 0 Å². The van der Waals surface area contributed by atoms with Crippen molar-refractivity contribution >= 4 is 5.91 Å². The van der Waals surface area contributed by atoms with Gasteiger partial charge in [-0.1, -0.05) is 0 Å². The molecule has 1 N–H and O–H groups in total. The van der Waals surface area contributed by atoms with Gasteiger partial charge >= 0.3 is 6.18 Å². The lowest BCUT2D eigenvalue weighted by molar-refractivity contribution is -0.250. The Morgan fingerprint density at radius 2 is 1.75 bits per heavy atom. The maximum atomic E-state index is 13.2. The molecule has 5 nitrogen and oxygen atoms in total. The van der Waals surface area contributed by atoms with E-state index < -0.39 is 17.7 Å². The minimum absolute atomic E-state index is 0.0221. The van der Waals surface area contributed by atoms with Gasteiger partial charge in [0.05, 0.1) is 0 Å². The van der Waals surface area contributed by atoms with Gasteiger partial charge in [-0.15, -0.1) is 0 Å². The van der Waals surface area contributed by atoms with Crippen LogP contribution in [0, 0.1) is 12.7 Å². The molecular weight excluding hydrogens is 378 g/mol. The lowest BCUT2D eigenvalue weighted by Gasteiger charge is -2.37. The predicted octanol–water partition coefficient (Wildman–Crippen LogP) is 3.34. The number of nitrogens with zero attached hydrogens (tertiary/aromatic N) is 3. The highest BCUT2D eigenvalue weighted by molar-refractivity contribution is 5.85. The summed E-state index contributed by atoms with van der Waals surface area (Å²) in [5, 5.41) is 9.61. The molecule has 0 bridgehead atoms. The van der Waals surface area contributed by atoms with Crippen LogP contribution in [0.15, 0.2) is 30.5 Å². The zero-order valence-corrected chi connectivity index (χ0v) is 15.5. The number of benzene rings is 1. The first-order chi connectivity index (χ1) is 13.0. The summed E-state index contributed by atoms with van der Waals surface area (Å²) in [6, 6.07) is 5.96. The van der Waals surface area contributed by atoms with Crippen molar-refractivity contribution in [3.8, 4) is 5.69 Å². The fourth-order valence-electron chi connectivity index (χ4n) is 3.48. The van der Waals surface area contributed by atoms with Crippen molar-refractivity contribution in [2.24, 2.45) is 0 Å². The molecule has 1 aliphatic rings. The minimum Gasteiger partial charge on any atom is -0.373 e. The summed E-state index contributed by atoms with van der Waals surface area (Å²) in [7, 11) is 0. The first kappa shape index (κ1) is 20.3. The minimum atomic E-state index is -5.03. The quantitative estimate of drug-likeness (QED) is 0.806. The smallest absolute Gasteiger partial charge is 0.373 e. The van der Waals surface area contributed by atoms with Gasteiger partial charge < -0.3 is 14.6 Å². The third-order valence-electron chi connectivity index (χ3n) is 5.22. The Morgan fingerprint density at radius 1 is 1.18 bits per heavy atom. The van der Waals surface area contributed by atoms with Gasteiger partial charge in [0.2, 0.25) is 5.60 Å². The van der Waals surface area contributed by atoms with Gasteiger partial charge in [-0.25, -0.2) is 9.37 Å². The van der Waals surface area contributed by atoms with Crippen molar-refractivity contribution in [2.45, 2.75) is 44.4 Å². The van der Waals surface area contributed by atoms with Crippen LogP contribution in [0.5, 0.6) is 0 Å². The molecular formula is C19H21F4N3O2. The number of aryl methyl sites for hydroxylation is 1. The Morgan fingerprint density at radius 3 is 2.29 bits per heavy atom. The number of carbonyl (C=O) groups is 1. The topological polar surface area (TPSA) is 58.4 Å². The van der Waals surface area contributed by atoms with Crippen LogP contribution in [0.2, 0.25) is 0 Å². The fourth-order valence-corrected chi connectivity index (χ4v) is 3.48. The number of hydrogen-bond donors (Lipinski definition) is 1. The molecule has 0 saturated carbocycles. The van der Waals surface area contributed by atoms with E-state index in [1.807, 2.05) is 11.5 Å². The molecule has 28 heavy (non-hydrogen) atoms. The second-order valence-electron chi connectivity index (χ2n) is 7.18. The van der Waals surface area contributed by atoms with Gasteiger partial charge in [0, 0.05) is 36.6 Å². The van der Waals surface area contributed by atoms with Crippen LogP contribution >= 0.6 is 0 Å². The van der Waals surface area contributed by atoms with Gasteiger partial charge in [-0.2, -0.15) is 13.2 Å². The molecule has 9 heteroatoms. The number of piperidine rings is 1. The second kappa shape index (κ2) is 7.20. The van der Waals surface area contributed by atoms with Crippen molar-refractivity contribution < 1.29 is 27.5 Å². The Hall–Kier alpha value is -2.42. The van der Waals surface area contributed by atoms with E-state index in [4.69, 9.17) is 0 Å². The molecule has 1 fully saturated rings. The van der Waals surface area contributed by atoms with Crippen LogP contribution in [0.25, 0.3) is 5.69 Å². The SMILES string of the molecule is Cc1ncc(C2CCN(C(=O)[C@@](C)(O)C(F)(F)F)CC2)n1-c1ccc(F)cc1. The zero-order valence-electron chi connectivity index (χ0n) is 15.5. The number of alkyl halides is 3. The second-order valence-corrected chi connectivity index (χ2v) is 7.18. The molecule has 1 atom stereocenters. The lowest BCUT2D eigenvalue weighted by atomic mass is 9.92. The first-order valence-corrected chi connectivity index (χ1v) is 8.91. The maximum Gasteiger partial charge on any atom is 0.426 e. The number of hydrogen-bond acceptors (Lipinski definition) is 3. The Kier molecular flexibility index (Phi) is 5.22. The van der Waals surface area contributed by atoms with Crippen molar-refractivity contribution in [2.75, 3.05) is 13.1 Å². The molecule has 1 aromatic heterocycles. The summed E-state index contributed by atoms with van der Waals surface area (Å²) in [5.41, 5.74) is -1.80. The first-order valence-electron chi connectivity index (χ1n) is 8.91. The van der Waals surface area contributed by atoms with E-state index in [0.717, 1.165) is 16.3 Å². The fraction of sp³-hybridized carbons (Fsp3) is 0.474. The monoisotopic (exact) mass is 399 g/mol. The molecule has 1 amide bonds. The highest BCUT2D eigenvalue weighted by atomic mass is 19.4. The number of amides is 1. The van der Waals surface area contributed by atoms with E-state index >= 15 is 0 Å². The summed E-state index contributed by atoms with van der Waals surface area (Å²) in [5.74, 6) is -1.00. The Balaban J connectivity index is 1.76. The molecule has 2 aromatic rings. The Labute approximate surface area is 159 Å². The van der Waals surface area contributed by atoms with Crippen molar-refractivity contribution in [1.82, 2.24) is 14.5 Å². The molecule has 0 radical (unpaired) electrons. The lowest BCUT2D eigenvalue weighted by Crippen LogP contribution is -2.57. The summed E-state index contributed by atoms with van der Waals surface area (Å²) in [6.07, 6.45) is -2.45. The molecule has 1 aliphatic heterocycles. The van der Waals surface area contributed by atoms with Gasteiger partial charge in [0.15, 0.2) is 0 Å². The van der Waals surface area contributed by atoms with E-state index in [9.17, 15) is 27.5 Å². The average molecular weight is 399 g/mol. The van der Waals surface area contributed by atoms with Gasteiger partial charge in [-0.05, 0) is 51.0 Å². The maximum absolute atomic E-state index is 13.2. The van der Waals surface area contributed by atoms with Crippen LogP contribution < -0.4 is 0 Å². The van der Waals surface area contributed by atoms with E-state index in [0.29, 0.717) is 25.6 Å². The van der Waals surface area contributed by atoms with E-state index in [1.165, 1.54) is 12.1 Å². The summed E-state index contributed by atoms with van der Waals surface area (Å²) in [4.78, 5) is 17.5. The molecule has 0 spiro atoms. The number of rotatable bonds is 3. The number of imidazole rings is 1. The van der Waals surface area contributed by atoms with Gasteiger partial charge in [0.25, 0.3) is 5.91 Å². The molecule has 2 heterocycles. The number of likely N-dealkylation sites (tertiary alicyclic amines) is 1. The van der Waals surface area contributed by atoms with Crippen LogP contribution in [-0.2, 0) is 4.79 Å². The van der Waals surface area contributed by atoms with E-state index in [1.54, 1.807) is 18.3 Å². The molecule has 0 aliphatic carbocycles.